The van der Waals surface area contributed by atoms with E-state index in [0.717, 1.165) is 5.56 Å². The Balaban J connectivity index is 2.36. The van der Waals surface area contributed by atoms with Crippen molar-refractivity contribution < 1.29 is 13.2 Å². The summed E-state index contributed by atoms with van der Waals surface area (Å²) in [6, 6.07) is 8.62. The average Bonchev–Trinajstić information content (AvgIpc) is 2.35. The van der Waals surface area contributed by atoms with Crippen molar-refractivity contribution in [1.29, 1.82) is 0 Å². The Morgan fingerprint density at radius 1 is 1.00 bits per heavy atom. The van der Waals surface area contributed by atoms with Crippen LogP contribution >= 0.6 is 0 Å². The van der Waals surface area contributed by atoms with Crippen molar-refractivity contribution >= 4 is 0 Å². The maximum Gasteiger partial charge on any atom is 0.136 e. The van der Waals surface area contributed by atoms with E-state index in [-0.39, 0.29) is 5.56 Å². The molecule has 0 spiro atoms. The molecule has 0 atom stereocenters. The van der Waals surface area contributed by atoms with Gasteiger partial charge in [-0.25, -0.2) is 13.2 Å². The molecule has 0 amide bonds. The predicted molar refractivity (Wildman–Crippen MR) is 73.7 cm³/mol. The molecular formula is C16H16F3N. The fourth-order valence-electron chi connectivity index (χ4n) is 1.98. The highest BCUT2D eigenvalue weighted by atomic mass is 19.1. The van der Waals surface area contributed by atoms with Crippen LogP contribution in [-0.4, -0.2) is 6.04 Å². The van der Waals surface area contributed by atoms with Gasteiger partial charge in [0.15, 0.2) is 0 Å². The van der Waals surface area contributed by atoms with Gasteiger partial charge in [-0.2, -0.15) is 0 Å². The standard InChI is InChI=1S/C16H16F3N/c1-10(2)20-9-11-4-3-5-12(6-11)16-14(18)7-13(17)8-15(16)19/h3-8,10,20H,9H2,1-2H3. The van der Waals surface area contributed by atoms with Crippen molar-refractivity contribution in [2.24, 2.45) is 0 Å². The highest BCUT2D eigenvalue weighted by Crippen LogP contribution is 2.27. The van der Waals surface area contributed by atoms with E-state index >= 15 is 0 Å². The molecule has 0 bridgehead atoms. The maximum absolute atomic E-state index is 13.7. The van der Waals surface area contributed by atoms with E-state index in [9.17, 15) is 13.2 Å². The number of hydrogen-bond acceptors (Lipinski definition) is 1. The molecule has 20 heavy (non-hydrogen) atoms. The van der Waals surface area contributed by atoms with Gasteiger partial charge in [-0.15, -0.1) is 0 Å². The molecule has 0 saturated carbocycles. The van der Waals surface area contributed by atoms with Crippen LogP contribution in [0.25, 0.3) is 11.1 Å². The molecule has 0 aliphatic heterocycles. The minimum absolute atomic E-state index is 0.196. The van der Waals surface area contributed by atoms with Gasteiger partial charge in [-0.05, 0) is 17.2 Å². The molecule has 0 aromatic heterocycles. The number of halogens is 3. The van der Waals surface area contributed by atoms with Gasteiger partial charge >= 0.3 is 0 Å². The van der Waals surface area contributed by atoms with Gasteiger partial charge in [0.25, 0.3) is 0 Å². The van der Waals surface area contributed by atoms with Crippen LogP contribution in [0.1, 0.15) is 19.4 Å². The average molecular weight is 279 g/mol. The molecule has 1 nitrogen and oxygen atoms in total. The number of hydrogen-bond donors (Lipinski definition) is 1. The van der Waals surface area contributed by atoms with Crippen LogP contribution in [0.15, 0.2) is 36.4 Å². The zero-order valence-corrected chi connectivity index (χ0v) is 11.4. The molecule has 0 aliphatic rings. The summed E-state index contributed by atoms with van der Waals surface area (Å²) in [6.07, 6.45) is 0. The van der Waals surface area contributed by atoms with Gasteiger partial charge in [0.05, 0.1) is 5.56 Å². The smallest absolute Gasteiger partial charge is 0.136 e. The molecule has 106 valence electrons. The van der Waals surface area contributed by atoms with Gasteiger partial charge in [0.1, 0.15) is 17.5 Å². The highest BCUT2D eigenvalue weighted by Gasteiger charge is 2.13. The Morgan fingerprint density at radius 2 is 1.65 bits per heavy atom. The first-order valence-corrected chi connectivity index (χ1v) is 6.44. The minimum Gasteiger partial charge on any atom is -0.310 e. The molecule has 0 aliphatic carbocycles. The number of rotatable bonds is 4. The second-order valence-corrected chi connectivity index (χ2v) is 4.98. The Hall–Kier alpha value is -1.81. The third-order valence-corrected chi connectivity index (χ3v) is 2.94. The molecule has 0 saturated heterocycles. The van der Waals surface area contributed by atoms with Crippen LogP contribution in [0.4, 0.5) is 13.2 Å². The molecule has 2 aromatic carbocycles. The summed E-state index contributed by atoms with van der Waals surface area (Å²) >= 11 is 0. The zero-order valence-electron chi connectivity index (χ0n) is 11.4. The summed E-state index contributed by atoms with van der Waals surface area (Å²) in [6.45, 7) is 4.64. The highest BCUT2D eigenvalue weighted by molar-refractivity contribution is 5.65. The lowest BCUT2D eigenvalue weighted by molar-refractivity contribution is 0.548. The van der Waals surface area contributed by atoms with Crippen molar-refractivity contribution in [1.82, 2.24) is 5.32 Å². The molecule has 4 heteroatoms. The van der Waals surface area contributed by atoms with Crippen LogP contribution in [-0.2, 0) is 6.54 Å². The first-order valence-electron chi connectivity index (χ1n) is 6.44. The lowest BCUT2D eigenvalue weighted by Crippen LogP contribution is -2.21. The second-order valence-electron chi connectivity index (χ2n) is 4.98. The first kappa shape index (κ1) is 14.6. The predicted octanol–water partition coefficient (Wildman–Crippen LogP) is 4.27. The topological polar surface area (TPSA) is 12.0 Å². The summed E-state index contributed by atoms with van der Waals surface area (Å²) in [5.41, 5.74) is 1.13. The molecule has 0 fully saturated rings. The Labute approximate surface area is 116 Å². The summed E-state index contributed by atoms with van der Waals surface area (Å²) < 4.78 is 40.4. The van der Waals surface area contributed by atoms with Gasteiger partial charge in [0.2, 0.25) is 0 Å². The normalized spacial score (nSPS) is 11.1. The molecule has 1 N–H and O–H groups in total. The van der Waals surface area contributed by atoms with Gasteiger partial charge < -0.3 is 5.32 Å². The second kappa shape index (κ2) is 6.09. The van der Waals surface area contributed by atoms with Gasteiger partial charge in [-0.3, -0.25) is 0 Å². The number of nitrogens with one attached hydrogen (secondary N) is 1. The SMILES string of the molecule is CC(C)NCc1cccc(-c2c(F)cc(F)cc2F)c1. The van der Waals surface area contributed by atoms with Crippen molar-refractivity contribution in [3.05, 3.63) is 59.4 Å². The van der Waals surface area contributed by atoms with Crippen LogP contribution in [0, 0.1) is 17.5 Å². The summed E-state index contributed by atoms with van der Waals surface area (Å²) in [5.74, 6) is -2.70. The van der Waals surface area contributed by atoms with Gasteiger partial charge in [0, 0.05) is 24.7 Å². The fourth-order valence-corrected chi connectivity index (χ4v) is 1.98. The van der Waals surface area contributed by atoms with E-state index in [2.05, 4.69) is 5.32 Å². The van der Waals surface area contributed by atoms with Crippen LogP contribution in [0.3, 0.4) is 0 Å². The summed E-state index contributed by atoms with van der Waals surface area (Å²) in [5, 5.41) is 3.23. The lowest BCUT2D eigenvalue weighted by atomic mass is 10.0. The van der Waals surface area contributed by atoms with E-state index in [0.29, 0.717) is 30.3 Å². The van der Waals surface area contributed by atoms with E-state index < -0.39 is 17.5 Å². The molecule has 0 radical (unpaired) electrons. The quantitative estimate of drug-likeness (QED) is 0.881. The Kier molecular flexibility index (Phi) is 4.45. The molecule has 2 aromatic rings. The molecule has 0 unspecified atom stereocenters. The van der Waals surface area contributed by atoms with Crippen LogP contribution < -0.4 is 5.32 Å². The Morgan fingerprint density at radius 3 is 2.25 bits per heavy atom. The monoisotopic (exact) mass is 279 g/mol. The Bertz CT molecular complexity index is 585. The van der Waals surface area contributed by atoms with Crippen molar-refractivity contribution in [2.75, 3.05) is 0 Å². The lowest BCUT2D eigenvalue weighted by Gasteiger charge is -2.10. The third kappa shape index (κ3) is 3.39. The van der Waals surface area contributed by atoms with Crippen LogP contribution in [0.5, 0.6) is 0 Å². The largest absolute Gasteiger partial charge is 0.310 e. The van der Waals surface area contributed by atoms with E-state index in [1.807, 2.05) is 19.9 Å². The van der Waals surface area contributed by atoms with Crippen molar-refractivity contribution in [2.45, 2.75) is 26.4 Å². The molecular weight excluding hydrogens is 263 g/mol. The van der Waals surface area contributed by atoms with E-state index in [1.54, 1.807) is 18.2 Å². The maximum atomic E-state index is 13.7. The van der Waals surface area contributed by atoms with E-state index in [4.69, 9.17) is 0 Å². The fraction of sp³-hybridized carbons (Fsp3) is 0.250. The number of benzene rings is 2. The summed E-state index contributed by atoms with van der Waals surface area (Å²) in [7, 11) is 0. The van der Waals surface area contributed by atoms with E-state index in [1.165, 1.54) is 0 Å². The zero-order chi connectivity index (χ0) is 14.7. The van der Waals surface area contributed by atoms with Crippen molar-refractivity contribution in [3.63, 3.8) is 0 Å². The first-order chi connectivity index (χ1) is 9.47. The van der Waals surface area contributed by atoms with Crippen LogP contribution in [0.2, 0.25) is 0 Å². The third-order valence-electron chi connectivity index (χ3n) is 2.94. The minimum atomic E-state index is -0.915. The molecule has 0 heterocycles. The molecule has 2 rings (SSSR count). The summed E-state index contributed by atoms with van der Waals surface area (Å²) in [4.78, 5) is 0. The van der Waals surface area contributed by atoms with Crippen molar-refractivity contribution in [3.8, 4) is 11.1 Å². The van der Waals surface area contributed by atoms with Gasteiger partial charge in [-0.1, -0.05) is 32.0 Å².